The van der Waals surface area contributed by atoms with Gasteiger partial charge >= 0.3 is 0 Å². The normalized spacial score (nSPS) is 11.2. The van der Waals surface area contributed by atoms with Crippen molar-refractivity contribution in [3.8, 4) is 0 Å². The summed E-state index contributed by atoms with van der Waals surface area (Å²) in [6, 6.07) is 8.34. The Kier molecular flexibility index (Phi) is 7.91. The SMILES string of the molecule is C=Cc1cnn2ccc(/C(=C/C)c3cnc(NC(C)C)nc3C)cc12.CNc1cccnc1. The Balaban J connectivity index is 0.000000323. The van der Waals surface area contributed by atoms with Gasteiger partial charge in [0.05, 0.1) is 23.1 Å². The molecule has 0 amide bonds. The minimum atomic E-state index is 0.299. The van der Waals surface area contributed by atoms with Crippen molar-refractivity contribution >= 4 is 28.8 Å². The molecule has 4 aromatic rings. The van der Waals surface area contributed by atoms with Gasteiger partial charge in [-0.25, -0.2) is 14.5 Å². The zero-order chi connectivity index (χ0) is 23.8. The second-order valence-electron chi connectivity index (χ2n) is 7.74. The van der Waals surface area contributed by atoms with Gasteiger partial charge in [0.1, 0.15) is 0 Å². The third-order valence-electron chi connectivity index (χ3n) is 5.01. The Labute approximate surface area is 195 Å². The van der Waals surface area contributed by atoms with Crippen LogP contribution >= 0.6 is 0 Å². The molecule has 0 radical (unpaired) electrons. The average molecular weight is 442 g/mol. The molecule has 0 bridgehead atoms. The lowest BCUT2D eigenvalue weighted by Crippen LogP contribution is -2.13. The van der Waals surface area contributed by atoms with E-state index in [-0.39, 0.29) is 0 Å². The molecular formula is C26H31N7. The maximum Gasteiger partial charge on any atom is 0.223 e. The van der Waals surface area contributed by atoms with E-state index in [2.05, 4.69) is 69.3 Å². The molecule has 7 heteroatoms. The van der Waals surface area contributed by atoms with E-state index < -0.39 is 0 Å². The van der Waals surface area contributed by atoms with Crippen molar-refractivity contribution < 1.29 is 0 Å². The lowest BCUT2D eigenvalue weighted by Gasteiger charge is -2.13. The first-order valence-corrected chi connectivity index (χ1v) is 10.9. The number of pyridine rings is 2. The lowest BCUT2D eigenvalue weighted by molar-refractivity contribution is 0.869. The van der Waals surface area contributed by atoms with Gasteiger partial charge in [0.15, 0.2) is 0 Å². The molecule has 4 heterocycles. The van der Waals surface area contributed by atoms with Gasteiger partial charge in [-0.2, -0.15) is 5.10 Å². The van der Waals surface area contributed by atoms with Crippen LogP contribution in [0.2, 0.25) is 0 Å². The van der Waals surface area contributed by atoms with Crippen LogP contribution in [0.4, 0.5) is 11.6 Å². The number of hydrogen-bond donors (Lipinski definition) is 2. The molecule has 2 N–H and O–H groups in total. The molecule has 0 saturated carbocycles. The predicted molar refractivity (Wildman–Crippen MR) is 137 cm³/mol. The maximum absolute atomic E-state index is 4.60. The zero-order valence-corrected chi connectivity index (χ0v) is 19.9. The maximum atomic E-state index is 4.60. The Hall–Kier alpha value is -4.00. The largest absolute Gasteiger partial charge is 0.387 e. The fraction of sp³-hybridized carbons (Fsp3) is 0.231. The minimum Gasteiger partial charge on any atom is -0.387 e. The first kappa shape index (κ1) is 23.7. The van der Waals surface area contributed by atoms with Crippen molar-refractivity contribution in [3.63, 3.8) is 0 Å². The number of nitrogens with one attached hydrogen (secondary N) is 2. The molecule has 0 aliphatic carbocycles. The van der Waals surface area contributed by atoms with E-state index in [1.165, 1.54) is 0 Å². The molecule has 0 aromatic carbocycles. The first-order chi connectivity index (χ1) is 16.0. The van der Waals surface area contributed by atoms with Gasteiger partial charge in [0, 0.05) is 49.0 Å². The fourth-order valence-electron chi connectivity index (χ4n) is 3.37. The van der Waals surface area contributed by atoms with Crippen LogP contribution in [-0.4, -0.2) is 37.7 Å². The second-order valence-corrected chi connectivity index (χ2v) is 7.74. The molecule has 0 fully saturated rings. The van der Waals surface area contributed by atoms with Crippen LogP contribution in [0, 0.1) is 6.92 Å². The summed E-state index contributed by atoms with van der Waals surface area (Å²) in [4.78, 5) is 13.0. The zero-order valence-electron chi connectivity index (χ0n) is 19.9. The highest BCUT2D eigenvalue weighted by atomic mass is 15.2. The minimum absolute atomic E-state index is 0.299. The van der Waals surface area contributed by atoms with Crippen molar-refractivity contribution in [2.75, 3.05) is 17.7 Å². The fourth-order valence-corrected chi connectivity index (χ4v) is 3.37. The summed E-state index contributed by atoms with van der Waals surface area (Å²) in [5.74, 6) is 0.659. The molecule has 33 heavy (non-hydrogen) atoms. The van der Waals surface area contributed by atoms with E-state index in [1.807, 2.05) is 62.2 Å². The number of aryl methyl sites for hydroxylation is 1. The highest BCUT2D eigenvalue weighted by Gasteiger charge is 2.12. The van der Waals surface area contributed by atoms with Crippen LogP contribution in [0.15, 0.2) is 67.9 Å². The third kappa shape index (κ3) is 5.83. The second kappa shape index (κ2) is 11.0. The number of aromatic nitrogens is 5. The van der Waals surface area contributed by atoms with E-state index >= 15 is 0 Å². The van der Waals surface area contributed by atoms with Crippen LogP contribution in [0.25, 0.3) is 17.2 Å². The van der Waals surface area contributed by atoms with Gasteiger partial charge in [-0.15, -0.1) is 0 Å². The molecular weight excluding hydrogens is 410 g/mol. The van der Waals surface area contributed by atoms with Gasteiger partial charge in [-0.1, -0.05) is 18.7 Å². The van der Waals surface area contributed by atoms with E-state index in [0.29, 0.717) is 12.0 Å². The summed E-state index contributed by atoms with van der Waals surface area (Å²) in [5.41, 5.74) is 7.28. The number of rotatable bonds is 6. The number of nitrogens with zero attached hydrogens (tertiary/aromatic N) is 5. The quantitative estimate of drug-likeness (QED) is 0.413. The monoisotopic (exact) mass is 441 g/mol. The summed E-state index contributed by atoms with van der Waals surface area (Å²) in [7, 11) is 1.87. The average Bonchev–Trinajstić information content (AvgIpc) is 3.24. The summed E-state index contributed by atoms with van der Waals surface area (Å²) in [6.45, 7) is 12.0. The third-order valence-corrected chi connectivity index (χ3v) is 5.01. The molecule has 0 atom stereocenters. The standard InChI is InChI=1S/C20H23N5.C6H8N2/c1-6-15-11-22-25-9-8-16(10-19(15)25)17(7-2)18-12-21-20(23-13(3)4)24-14(18)5;1-7-6-3-2-4-8-5-6/h6-13H,1H2,2-5H3,(H,21,23,24);2-5,7H,1H3/b17-7-;. The van der Waals surface area contributed by atoms with Crippen LogP contribution in [-0.2, 0) is 0 Å². The number of allylic oxidation sites excluding steroid dienone is 1. The first-order valence-electron chi connectivity index (χ1n) is 10.9. The number of fused-ring (bicyclic) bond motifs is 1. The Bertz CT molecular complexity index is 1240. The van der Waals surface area contributed by atoms with Gasteiger partial charge in [-0.05, 0) is 63.1 Å². The molecule has 0 aliphatic rings. The van der Waals surface area contributed by atoms with Crippen LogP contribution in [0.1, 0.15) is 43.2 Å². The topological polar surface area (TPSA) is 80.0 Å². The van der Waals surface area contributed by atoms with Gasteiger partial charge < -0.3 is 10.6 Å². The smallest absolute Gasteiger partial charge is 0.223 e. The van der Waals surface area contributed by atoms with E-state index in [1.54, 1.807) is 12.4 Å². The highest BCUT2D eigenvalue weighted by molar-refractivity contribution is 5.83. The van der Waals surface area contributed by atoms with Gasteiger partial charge in [0.2, 0.25) is 5.95 Å². The molecule has 0 spiro atoms. The Morgan fingerprint density at radius 2 is 2.00 bits per heavy atom. The molecule has 0 unspecified atom stereocenters. The molecule has 0 saturated heterocycles. The number of hydrogen-bond acceptors (Lipinski definition) is 6. The van der Waals surface area contributed by atoms with E-state index in [9.17, 15) is 0 Å². The van der Waals surface area contributed by atoms with Crippen molar-refractivity contribution in [2.24, 2.45) is 0 Å². The van der Waals surface area contributed by atoms with Crippen molar-refractivity contribution in [2.45, 2.75) is 33.7 Å². The summed E-state index contributed by atoms with van der Waals surface area (Å²) in [6.07, 6.45) is 13.1. The summed E-state index contributed by atoms with van der Waals surface area (Å²) < 4.78 is 1.85. The molecule has 4 rings (SSSR count). The summed E-state index contributed by atoms with van der Waals surface area (Å²) in [5, 5.41) is 10.5. The summed E-state index contributed by atoms with van der Waals surface area (Å²) >= 11 is 0. The van der Waals surface area contributed by atoms with Crippen molar-refractivity contribution in [3.05, 3.63) is 90.3 Å². The van der Waals surface area contributed by atoms with Crippen LogP contribution in [0.3, 0.4) is 0 Å². The van der Waals surface area contributed by atoms with Crippen molar-refractivity contribution in [1.82, 2.24) is 24.6 Å². The number of anilines is 2. The van der Waals surface area contributed by atoms with Gasteiger partial charge in [0.25, 0.3) is 0 Å². The highest BCUT2D eigenvalue weighted by Crippen LogP contribution is 2.27. The van der Waals surface area contributed by atoms with E-state index in [4.69, 9.17) is 0 Å². The van der Waals surface area contributed by atoms with Crippen LogP contribution < -0.4 is 10.6 Å². The molecule has 0 aliphatic heterocycles. The molecule has 7 nitrogen and oxygen atoms in total. The molecule has 170 valence electrons. The molecule has 4 aromatic heterocycles. The Morgan fingerprint density at radius 3 is 2.58 bits per heavy atom. The Morgan fingerprint density at radius 1 is 1.18 bits per heavy atom. The van der Waals surface area contributed by atoms with Crippen LogP contribution in [0.5, 0.6) is 0 Å². The lowest BCUT2D eigenvalue weighted by atomic mass is 9.98. The van der Waals surface area contributed by atoms with Crippen molar-refractivity contribution in [1.29, 1.82) is 0 Å². The predicted octanol–water partition coefficient (Wildman–Crippen LogP) is 5.47. The van der Waals surface area contributed by atoms with E-state index in [0.717, 1.165) is 39.2 Å². The van der Waals surface area contributed by atoms with Gasteiger partial charge in [-0.3, -0.25) is 4.98 Å².